The minimum Gasteiger partial charge on any atom is -0.392 e. The highest BCUT2D eigenvalue weighted by molar-refractivity contribution is 7.13. The summed E-state index contributed by atoms with van der Waals surface area (Å²) in [6.07, 6.45) is 0.570. The molecule has 0 aliphatic carbocycles. The highest BCUT2D eigenvalue weighted by Gasteiger charge is 2.12. The minimum absolute atomic E-state index is 0.157. The fourth-order valence-electron chi connectivity index (χ4n) is 1.39. The van der Waals surface area contributed by atoms with Gasteiger partial charge in [0, 0.05) is 24.5 Å². The first-order valence-electron chi connectivity index (χ1n) is 5.65. The van der Waals surface area contributed by atoms with Crippen molar-refractivity contribution in [1.29, 1.82) is 0 Å². The molecule has 0 saturated heterocycles. The molecule has 0 amide bonds. The molecule has 1 rings (SSSR count). The summed E-state index contributed by atoms with van der Waals surface area (Å²) in [6.45, 7) is 5.11. The van der Waals surface area contributed by atoms with Gasteiger partial charge in [0.1, 0.15) is 0 Å². The summed E-state index contributed by atoms with van der Waals surface area (Å²) in [5, 5.41) is 25.2. The number of thiophene rings is 1. The Kier molecular flexibility index (Phi) is 5.54. The van der Waals surface area contributed by atoms with E-state index in [0.29, 0.717) is 13.1 Å². The molecular weight excluding hydrogens is 240 g/mol. The Morgan fingerprint density at radius 3 is 2.88 bits per heavy atom. The summed E-state index contributed by atoms with van der Waals surface area (Å²) in [4.78, 5) is 10.1. The molecule has 0 fully saturated rings. The third kappa shape index (κ3) is 4.41. The van der Waals surface area contributed by atoms with Gasteiger partial charge >= 0.3 is 5.00 Å². The van der Waals surface area contributed by atoms with Crippen molar-refractivity contribution >= 4 is 16.3 Å². The van der Waals surface area contributed by atoms with Crippen LogP contribution >= 0.6 is 11.3 Å². The van der Waals surface area contributed by atoms with E-state index in [1.54, 1.807) is 11.4 Å². The predicted molar refractivity (Wildman–Crippen MR) is 68.1 cm³/mol. The van der Waals surface area contributed by atoms with Crippen molar-refractivity contribution in [2.45, 2.75) is 32.9 Å². The van der Waals surface area contributed by atoms with E-state index in [-0.39, 0.29) is 21.9 Å². The standard InChI is InChI=1S/C11H18N2O3S/c1-3-8(2)10(14)6-12-5-9-4-11(13(15)16)17-7-9/h4,7-8,10,12,14H,3,5-6H2,1-2H3. The van der Waals surface area contributed by atoms with E-state index in [1.165, 1.54) is 0 Å². The van der Waals surface area contributed by atoms with Gasteiger partial charge in [0.25, 0.3) is 0 Å². The van der Waals surface area contributed by atoms with Gasteiger partial charge < -0.3 is 10.4 Å². The monoisotopic (exact) mass is 258 g/mol. The molecule has 5 nitrogen and oxygen atoms in total. The van der Waals surface area contributed by atoms with Crippen LogP contribution in [0.5, 0.6) is 0 Å². The van der Waals surface area contributed by atoms with E-state index in [0.717, 1.165) is 23.3 Å². The molecule has 1 aromatic rings. The Balaban J connectivity index is 2.33. The molecule has 1 aromatic heterocycles. The summed E-state index contributed by atoms with van der Waals surface area (Å²) < 4.78 is 0. The second-order valence-electron chi connectivity index (χ2n) is 4.13. The first kappa shape index (κ1) is 14.1. The Hall–Kier alpha value is -0.980. The van der Waals surface area contributed by atoms with Gasteiger partial charge in [-0.2, -0.15) is 0 Å². The Morgan fingerprint density at radius 2 is 2.35 bits per heavy atom. The second kappa shape index (κ2) is 6.68. The van der Waals surface area contributed by atoms with Crippen molar-refractivity contribution in [3.63, 3.8) is 0 Å². The second-order valence-corrected chi connectivity index (χ2v) is 5.02. The number of rotatable bonds is 7. The zero-order valence-corrected chi connectivity index (χ0v) is 10.9. The van der Waals surface area contributed by atoms with Gasteiger partial charge in [-0.25, -0.2) is 0 Å². The smallest absolute Gasteiger partial charge is 0.324 e. The van der Waals surface area contributed by atoms with Crippen LogP contribution in [0.25, 0.3) is 0 Å². The molecule has 2 N–H and O–H groups in total. The van der Waals surface area contributed by atoms with Crippen LogP contribution in [0.3, 0.4) is 0 Å². The lowest BCUT2D eigenvalue weighted by molar-refractivity contribution is -0.380. The Morgan fingerprint density at radius 1 is 1.65 bits per heavy atom. The van der Waals surface area contributed by atoms with Crippen molar-refractivity contribution < 1.29 is 10.0 Å². The largest absolute Gasteiger partial charge is 0.392 e. The quantitative estimate of drug-likeness (QED) is 0.580. The molecule has 0 aliphatic rings. The number of nitro groups is 1. The molecule has 6 heteroatoms. The van der Waals surface area contributed by atoms with Crippen molar-refractivity contribution in [2.24, 2.45) is 5.92 Å². The maximum absolute atomic E-state index is 10.5. The van der Waals surface area contributed by atoms with Crippen LogP contribution < -0.4 is 5.32 Å². The number of hydrogen-bond acceptors (Lipinski definition) is 5. The molecule has 0 aromatic carbocycles. The SMILES string of the molecule is CCC(C)C(O)CNCc1csc([N+](=O)[O-])c1. The molecule has 0 bridgehead atoms. The number of aliphatic hydroxyl groups is 1. The van der Waals surface area contributed by atoms with Crippen LogP contribution in [-0.4, -0.2) is 22.7 Å². The highest BCUT2D eigenvalue weighted by atomic mass is 32.1. The minimum atomic E-state index is -0.387. The summed E-state index contributed by atoms with van der Waals surface area (Å²) in [7, 11) is 0. The van der Waals surface area contributed by atoms with Crippen molar-refractivity contribution in [1.82, 2.24) is 5.32 Å². The van der Waals surface area contributed by atoms with Crippen LogP contribution in [0.2, 0.25) is 0 Å². The van der Waals surface area contributed by atoms with Gasteiger partial charge in [0.15, 0.2) is 0 Å². The first-order chi connectivity index (χ1) is 8.04. The lowest BCUT2D eigenvalue weighted by atomic mass is 10.0. The van der Waals surface area contributed by atoms with E-state index < -0.39 is 0 Å². The molecule has 2 atom stereocenters. The summed E-state index contributed by atoms with van der Waals surface area (Å²) in [5.74, 6) is 0.263. The Labute approximate surface area is 105 Å². The molecule has 96 valence electrons. The van der Waals surface area contributed by atoms with Gasteiger partial charge in [0.05, 0.1) is 11.0 Å². The van der Waals surface area contributed by atoms with E-state index in [4.69, 9.17) is 0 Å². The van der Waals surface area contributed by atoms with Crippen LogP contribution in [0.4, 0.5) is 5.00 Å². The summed E-state index contributed by atoms with van der Waals surface area (Å²) >= 11 is 1.13. The average molecular weight is 258 g/mol. The zero-order valence-electron chi connectivity index (χ0n) is 10.0. The average Bonchev–Trinajstić information content (AvgIpc) is 2.76. The van der Waals surface area contributed by atoms with Gasteiger partial charge in [-0.1, -0.05) is 31.6 Å². The van der Waals surface area contributed by atoms with E-state index in [2.05, 4.69) is 5.32 Å². The number of hydrogen-bond donors (Lipinski definition) is 2. The predicted octanol–water partition coefficient (Wildman–Crippen LogP) is 2.15. The van der Waals surface area contributed by atoms with E-state index in [9.17, 15) is 15.2 Å². The summed E-state index contributed by atoms with van der Waals surface area (Å²) in [6, 6.07) is 1.56. The van der Waals surface area contributed by atoms with Crippen LogP contribution in [0.1, 0.15) is 25.8 Å². The topological polar surface area (TPSA) is 75.4 Å². The molecule has 0 aliphatic heterocycles. The highest BCUT2D eigenvalue weighted by Crippen LogP contribution is 2.22. The lowest BCUT2D eigenvalue weighted by Crippen LogP contribution is -2.31. The maximum atomic E-state index is 10.5. The first-order valence-corrected chi connectivity index (χ1v) is 6.53. The van der Waals surface area contributed by atoms with Gasteiger partial charge in [-0.3, -0.25) is 10.1 Å². The number of nitrogens with one attached hydrogen (secondary N) is 1. The molecule has 2 unspecified atom stereocenters. The number of nitrogens with zero attached hydrogens (tertiary/aromatic N) is 1. The van der Waals surface area contributed by atoms with Crippen molar-refractivity contribution in [3.05, 3.63) is 27.1 Å². The maximum Gasteiger partial charge on any atom is 0.324 e. The summed E-state index contributed by atoms with van der Waals surface area (Å²) in [5.41, 5.74) is 0.887. The lowest BCUT2D eigenvalue weighted by Gasteiger charge is -2.17. The van der Waals surface area contributed by atoms with Crippen LogP contribution in [0.15, 0.2) is 11.4 Å². The number of aliphatic hydroxyl groups excluding tert-OH is 1. The molecule has 0 spiro atoms. The zero-order chi connectivity index (χ0) is 12.8. The van der Waals surface area contributed by atoms with Crippen molar-refractivity contribution in [3.8, 4) is 0 Å². The van der Waals surface area contributed by atoms with Crippen molar-refractivity contribution in [2.75, 3.05) is 6.54 Å². The van der Waals surface area contributed by atoms with Gasteiger partial charge in [-0.15, -0.1) is 0 Å². The Bertz CT molecular complexity index is 367. The molecule has 0 radical (unpaired) electrons. The fraction of sp³-hybridized carbons (Fsp3) is 0.636. The van der Waals surface area contributed by atoms with Gasteiger partial charge in [-0.05, 0) is 11.5 Å². The van der Waals surface area contributed by atoms with Crippen LogP contribution in [-0.2, 0) is 6.54 Å². The van der Waals surface area contributed by atoms with Crippen LogP contribution in [0, 0.1) is 16.0 Å². The molecule has 17 heavy (non-hydrogen) atoms. The van der Waals surface area contributed by atoms with Gasteiger partial charge in [0.2, 0.25) is 0 Å². The third-order valence-corrected chi connectivity index (χ3v) is 3.73. The molecule has 0 saturated carbocycles. The molecule has 1 heterocycles. The normalized spacial score (nSPS) is 14.5. The third-order valence-electron chi connectivity index (χ3n) is 2.80. The molecular formula is C11H18N2O3S. The van der Waals surface area contributed by atoms with E-state index in [1.807, 2.05) is 13.8 Å². The van der Waals surface area contributed by atoms with E-state index >= 15 is 0 Å². The fourth-order valence-corrected chi connectivity index (χ4v) is 2.12.